The van der Waals surface area contributed by atoms with Gasteiger partial charge in [-0.3, -0.25) is 4.79 Å². The molecule has 1 N–H and O–H groups in total. The van der Waals surface area contributed by atoms with Crippen molar-refractivity contribution in [1.82, 2.24) is 0 Å². The average Bonchev–Trinajstić information content (AvgIpc) is 2.78. The van der Waals surface area contributed by atoms with E-state index in [9.17, 15) is 18.4 Å². The van der Waals surface area contributed by atoms with Gasteiger partial charge in [-0.25, -0.2) is 13.6 Å². The number of nitrogens with one attached hydrogen (secondary N) is 1. The molecule has 158 valence electrons. The summed E-state index contributed by atoms with van der Waals surface area (Å²) in [6, 6.07) is 19.6. The summed E-state index contributed by atoms with van der Waals surface area (Å²) in [5.41, 5.74) is 1.59. The molecule has 0 heterocycles. The minimum Gasteiger partial charge on any atom is -0.489 e. The molecule has 31 heavy (non-hydrogen) atoms. The lowest BCUT2D eigenvalue weighted by atomic mass is 10.2. The number of ether oxygens (including phenoxy) is 2. The largest absolute Gasteiger partial charge is 0.489 e. The van der Waals surface area contributed by atoms with Gasteiger partial charge in [0.1, 0.15) is 24.0 Å². The Balaban J connectivity index is 1.43. The lowest BCUT2D eigenvalue weighted by molar-refractivity contribution is -0.142. The molecule has 3 aromatic carbocycles. The van der Waals surface area contributed by atoms with Crippen LogP contribution in [0, 0.1) is 11.6 Å². The molecule has 7 heteroatoms. The average molecular weight is 423 g/mol. The highest BCUT2D eigenvalue weighted by molar-refractivity contribution is 5.94. The molecule has 0 atom stereocenters. The van der Waals surface area contributed by atoms with Crippen molar-refractivity contribution >= 4 is 23.6 Å². The molecule has 1 amide bonds. The van der Waals surface area contributed by atoms with Crippen LogP contribution >= 0.6 is 0 Å². The highest BCUT2D eigenvalue weighted by Gasteiger charge is 2.09. The maximum Gasteiger partial charge on any atom is 0.331 e. The second-order valence-electron chi connectivity index (χ2n) is 6.46. The molecule has 3 aromatic rings. The number of amides is 1. The van der Waals surface area contributed by atoms with Crippen LogP contribution in [-0.4, -0.2) is 18.5 Å². The Labute approximate surface area is 177 Å². The summed E-state index contributed by atoms with van der Waals surface area (Å²) in [4.78, 5) is 23.5. The molecule has 5 nitrogen and oxygen atoms in total. The van der Waals surface area contributed by atoms with Gasteiger partial charge in [0.2, 0.25) is 0 Å². The van der Waals surface area contributed by atoms with Crippen LogP contribution in [0.4, 0.5) is 14.5 Å². The summed E-state index contributed by atoms with van der Waals surface area (Å²) >= 11 is 0. The van der Waals surface area contributed by atoms with Crippen LogP contribution in [-0.2, 0) is 20.9 Å². The zero-order valence-electron chi connectivity index (χ0n) is 16.4. The zero-order chi connectivity index (χ0) is 22.1. The van der Waals surface area contributed by atoms with Crippen LogP contribution in [0.5, 0.6) is 5.75 Å². The normalized spacial score (nSPS) is 10.6. The van der Waals surface area contributed by atoms with Crippen molar-refractivity contribution in [3.8, 4) is 5.75 Å². The molecule has 0 aliphatic carbocycles. The van der Waals surface area contributed by atoms with Gasteiger partial charge in [0.15, 0.2) is 6.61 Å². The Kier molecular flexibility index (Phi) is 7.48. The van der Waals surface area contributed by atoms with E-state index in [4.69, 9.17) is 9.47 Å². The summed E-state index contributed by atoms with van der Waals surface area (Å²) in [6.07, 6.45) is 2.70. The summed E-state index contributed by atoms with van der Waals surface area (Å²) < 4.78 is 36.9. The third-order valence-electron chi connectivity index (χ3n) is 4.09. The standard InChI is InChI=1S/C24H19F2NO4/c25-19-9-12-22(21(26)14-19)27-23(28)16-31-24(29)13-8-17-6-10-20(11-7-17)30-15-18-4-2-1-3-5-18/h1-14H,15-16H2,(H,27,28)/b13-8+. The predicted molar refractivity (Wildman–Crippen MR) is 112 cm³/mol. The Bertz CT molecular complexity index is 1070. The van der Waals surface area contributed by atoms with Gasteiger partial charge in [-0.2, -0.15) is 0 Å². The monoisotopic (exact) mass is 423 g/mol. The van der Waals surface area contributed by atoms with Crippen LogP contribution in [0.1, 0.15) is 11.1 Å². The van der Waals surface area contributed by atoms with Crippen molar-refractivity contribution in [3.05, 3.63) is 102 Å². The van der Waals surface area contributed by atoms with E-state index in [1.165, 1.54) is 12.2 Å². The quantitative estimate of drug-likeness (QED) is 0.420. The molecule has 0 saturated carbocycles. The molecule has 0 spiro atoms. The topological polar surface area (TPSA) is 64.6 Å². The van der Waals surface area contributed by atoms with Crippen LogP contribution in [0.2, 0.25) is 0 Å². The zero-order valence-corrected chi connectivity index (χ0v) is 16.4. The molecule has 0 fully saturated rings. The van der Waals surface area contributed by atoms with E-state index in [0.717, 1.165) is 23.3 Å². The van der Waals surface area contributed by atoms with E-state index >= 15 is 0 Å². The van der Waals surface area contributed by atoms with Crippen molar-refractivity contribution < 1.29 is 27.8 Å². The van der Waals surface area contributed by atoms with Gasteiger partial charge < -0.3 is 14.8 Å². The molecular weight excluding hydrogens is 404 g/mol. The maximum absolute atomic E-state index is 13.5. The van der Waals surface area contributed by atoms with Gasteiger partial charge in [0, 0.05) is 12.1 Å². The third-order valence-corrected chi connectivity index (χ3v) is 4.09. The Hall–Kier alpha value is -4.00. The highest BCUT2D eigenvalue weighted by Crippen LogP contribution is 2.16. The number of benzene rings is 3. The van der Waals surface area contributed by atoms with Crippen molar-refractivity contribution in [2.45, 2.75) is 6.61 Å². The van der Waals surface area contributed by atoms with Crippen molar-refractivity contribution in [3.63, 3.8) is 0 Å². The number of anilines is 1. The molecular formula is C24H19F2NO4. The van der Waals surface area contributed by atoms with E-state index in [1.807, 2.05) is 30.3 Å². The fourth-order valence-electron chi connectivity index (χ4n) is 2.54. The second-order valence-corrected chi connectivity index (χ2v) is 6.46. The molecule has 0 unspecified atom stereocenters. The Morgan fingerprint density at radius 3 is 2.39 bits per heavy atom. The molecule has 0 aromatic heterocycles. The first kappa shape index (κ1) is 21.7. The lowest BCUT2D eigenvalue weighted by Gasteiger charge is -2.07. The van der Waals surface area contributed by atoms with Gasteiger partial charge in [0.05, 0.1) is 5.69 Å². The van der Waals surface area contributed by atoms with Crippen LogP contribution in [0.25, 0.3) is 6.08 Å². The van der Waals surface area contributed by atoms with Gasteiger partial charge in [-0.15, -0.1) is 0 Å². The fourth-order valence-corrected chi connectivity index (χ4v) is 2.54. The van der Waals surface area contributed by atoms with Gasteiger partial charge >= 0.3 is 5.97 Å². The van der Waals surface area contributed by atoms with Crippen molar-refractivity contribution in [1.29, 1.82) is 0 Å². The number of hydrogen-bond acceptors (Lipinski definition) is 4. The maximum atomic E-state index is 13.5. The smallest absolute Gasteiger partial charge is 0.331 e. The van der Waals surface area contributed by atoms with Crippen LogP contribution in [0.15, 0.2) is 78.9 Å². The highest BCUT2D eigenvalue weighted by atomic mass is 19.1. The van der Waals surface area contributed by atoms with Crippen LogP contribution < -0.4 is 10.1 Å². The van der Waals surface area contributed by atoms with Crippen molar-refractivity contribution in [2.75, 3.05) is 11.9 Å². The first-order chi connectivity index (χ1) is 15.0. The lowest BCUT2D eigenvalue weighted by Crippen LogP contribution is -2.20. The van der Waals surface area contributed by atoms with Crippen molar-refractivity contribution in [2.24, 2.45) is 0 Å². The number of hydrogen-bond donors (Lipinski definition) is 1. The SMILES string of the molecule is O=C(COC(=O)/C=C/c1ccc(OCc2ccccc2)cc1)Nc1ccc(F)cc1F. The Morgan fingerprint density at radius 2 is 1.68 bits per heavy atom. The van der Waals surface area contributed by atoms with E-state index < -0.39 is 30.1 Å². The summed E-state index contributed by atoms with van der Waals surface area (Å²) in [5.74, 6) is -2.47. The van der Waals surface area contributed by atoms with Gasteiger partial charge in [-0.05, 0) is 41.5 Å². The number of halogens is 2. The predicted octanol–water partition coefficient (Wildman–Crippen LogP) is 4.74. The number of esters is 1. The minimum absolute atomic E-state index is 0.201. The third kappa shape index (κ3) is 7.08. The molecule has 3 rings (SSSR count). The molecule has 0 aliphatic rings. The van der Waals surface area contributed by atoms with E-state index in [1.54, 1.807) is 24.3 Å². The van der Waals surface area contributed by atoms with E-state index in [0.29, 0.717) is 18.4 Å². The first-order valence-corrected chi connectivity index (χ1v) is 9.36. The molecule has 0 saturated heterocycles. The first-order valence-electron chi connectivity index (χ1n) is 9.36. The molecule has 0 aliphatic heterocycles. The summed E-state index contributed by atoms with van der Waals surface area (Å²) in [6.45, 7) is -0.154. The summed E-state index contributed by atoms with van der Waals surface area (Å²) in [5, 5.41) is 2.20. The van der Waals surface area contributed by atoms with E-state index in [-0.39, 0.29) is 5.69 Å². The number of carbonyl (C=O) groups is 2. The van der Waals surface area contributed by atoms with E-state index in [2.05, 4.69) is 5.32 Å². The number of rotatable bonds is 8. The minimum atomic E-state index is -0.921. The van der Waals surface area contributed by atoms with Crippen LogP contribution in [0.3, 0.4) is 0 Å². The fraction of sp³-hybridized carbons (Fsp3) is 0.0833. The number of carbonyl (C=O) groups excluding carboxylic acids is 2. The second kappa shape index (κ2) is 10.7. The summed E-state index contributed by atoms with van der Waals surface area (Å²) in [7, 11) is 0. The van der Waals surface area contributed by atoms with Gasteiger partial charge in [0.25, 0.3) is 5.91 Å². The van der Waals surface area contributed by atoms with Gasteiger partial charge in [-0.1, -0.05) is 42.5 Å². The Morgan fingerprint density at radius 1 is 0.935 bits per heavy atom. The molecule has 0 bridgehead atoms. The molecule has 0 radical (unpaired) electrons.